The van der Waals surface area contributed by atoms with Crippen LogP contribution < -0.4 is 4.90 Å². The zero-order valence-corrected chi connectivity index (χ0v) is 15.8. The predicted octanol–water partition coefficient (Wildman–Crippen LogP) is 4.02. The van der Waals surface area contributed by atoms with Crippen LogP contribution in [-0.2, 0) is 11.3 Å². The molecule has 1 amide bonds. The minimum atomic E-state index is -0.407. The number of hydrogen-bond donors (Lipinski definition) is 0. The Balaban J connectivity index is 1.54. The zero-order valence-electron chi connectivity index (χ0n) is 15.8. The first kappa shape index (κ1) is 18.4. The predicted molar refractivity (Wildman–Crippen MR) is 106 cm³/mol. The van der Waals surface area contributed by atoms with Gasteiger partial charge < -0.3 is 0 Å². The zero-order chi connectivity index (χ0) is 19.7. The summed E-state index contributed by atoms with van der Waals surface area (Å²) in [4.78, 5) is 16.7. The number of piperidine rings is 1. The number of likely N-dealkylation sites (tertiary alicyclic amines) is 1. The van der Waals surface area contributed by atoms with E-state index in [0.717, 1.165) is 31.5 Å². The number of nitrogens with zero attached hydrogens (tertiary/aromatic N) is 3. The molecule has 2 aromatic rings. The maximum atomic E-state index is 13.8. The molecule has 4 rings (SSSR count). The molecule has 1 saturated heterocycles. The summed E-state index contributed by atoms with van der Waals surface area (Å²) >= 11 is 0. The smallest absolute Gasteiger partial charge is 0.251 e. The van der Waals surface area contributed by atoms with E-state index in [1.807, 2.05) is 30.3 Å². The van der Waals surface area contributed by atoms with E-state index in [2.05, 4.69) is 17.9 Å². The van der Waals surface area contributed by atoms with Crippen molar-refractivity contribution in [3.8, 4) is 6.07 Å². The second-order valence-corrected chi connectivity index (χ2v) is 7.68. The summed E-state index contributed by atoms with van der Waals surface area (Å²) in [5.74, 6) is -0.428. The number of nitriles is 1. The number of halogens is 1. The largest absolute Gasteiger partial charge is 0.299 e. The molecule has 2 heterocycles. The van der Waals surface area contributed by atoms with Crippen molar-refractivity contribution in [2.45, 2.75) is 37.9 Å². The molecule has 0 unspecified atom stereocenters. The van der Waals surface area contributed by atoms with Gasteiger partial charge in [0.1, 0.15) is 5.82 Å². The summed E-state index contributed by atoms with van der Waals surface area (Å²) in [5, 5.41) is 9.11. The van der Waals surface area contributed by atoms with E-state index in [1.165, 1.54) is 12.1 Å². The van der Waals surface area contributed by atoms with Crippen LogP contribution in [0.1, 0.15) is 30.9 Å². The van der Waals surface area contributed by atoms with E-state index in [-0.39, 0.29) is 17.8 Å². The van der Waals surface area contributed by atoms with E-state index < -0.39 is 5.54 Å². The van der Waals surface area contributed by atoms with E-state index in [0.29, 0.717) is 11.3 Å². The lowest BCUT2D eigenvalue weighted by Gasteiger charge is -2.47. The first-order valence-electron chi connectivity index (χ1n) is 9.53. The van der Waals surface area contributed by atoms with Crippen LogP contribution in [-0.4, -0.2) is 28.9 Å². The van der Waals surface area contributed by atoms with E-state index in [9.17, 15) is 9.18 Å². The van der Waals surface area contributed by atoms with Crippen molar-refractivity contribution in [1.29, 1.82) is 5.26 Å². The molecule has 2 aliphatic rings. The third-order valence-corrected chi connectivity index (χ3v) is 5.81. The Kier molecular flexibility index (Phi) is 4.74. The fourth-order valence-corrected chi connectivity index (χ4v) is 4.46. The Labute approximate surface area is 164 Å². The molecule has 2 atom stereocenters. The number of rotatable bonds is 3. The van der Waals surface area contributed by atoms with Gasteiger partial charge in [0.2, 0.25) is 0 Å². The number of carbonyl (C=O) groups excluding carboxylic acids is 1. The number of hydrogen-bond acceptors (Lipinski definition) is 3. The molecule has 0 aromatic heterocycles. The molecular weight excluding hydrogens is 353 g/mol. The first-order chi connectivity index (χ1) is 13.5. The van der Waals surface area contributed by atoms with Crippen LogP contribution in [0.5, 0.6) is 0 Å². The van der Waals surface area contributed by atoms with E-state index in [4.69, 9.17) is 5.26 Å². The topological polar surface area (TPSA) is 47.3 Å². The minimum Gasteiger partial charge on any atom is -0.299 e. The quantitative estimate of drug-likeness (QED) is 0.814. The van der Waals surface area contributed by atoms with Gasteiger partial charge in [0.15, 0.2) is 0 Å². The second-order valence-electron chi connectivity index (χ2n) is 7.68. The Morgan fingerprint density at radius 2 is 2.07 bits per heavy atom. The highest BCUT2D eigenvalue weighted by atomic mass is 19.1. The average molecular weight is 375 g/mol. The Hall–Kier alpha value is -2.97. The summed E-state index contributed by atoms with van der Waals surface area (Å²) < 4.78 is 13.8. The maximum absolute atomic E-state index is 13.8. The Morgan fingerprint density at radius 3 is 2.82 bits per heavy atom. The molecule has 0 N–H and O–H groups in total. The van der Waals surface area contributed by atoms with Gasteiger partial charge >= 0.3 is 0 Å². The third-order valence-electron chi connectivity index (χ3n) is 5.81. The maximum Gasteiger partial charge on any atom is 0.251 e. The summed E-state index contributed by atoms with van der Waals surface area (Å²) in [6.07, 6.45) is 5.17. The SMILES string of the molecule is C[C@@H]1C[C@]2(C=CC(=O)N2c2cccc(F)c2)CCN1Cc1cccc(C#N)c1. The van der Waals surface area contributed by atoms with Crippen LogP contribution in [0.15, 0.2) is 60.7 Å². The van der Waals surface area contributed by atoms with Crippen LogP contribution in [0, 0.1) is 17.1 Å². The Bertz CT molecular complexity index is 980. The molecule has 1 fully saturated rings. The van der Waals surface area contributed by atoms with Crippen molar-refractivity contribution >= 4 is 11.6 Å². The molecular formula is C23H22FN3O. The second kappa shape index (κ2) is 7.21. The van der Waals surface area contributed by atoms with Crippen molar-refractivity contribution < 1.29 is 9.18 Å². The highest BCUT2D eigenvalue weighted by molar-refractivity contribution is 6.06. The van der Waals surface area contributed by atoms with E-state index >= 15 is 0 Å². The van der Waals surface area contributed by atoms with Gasteiger partial charge in [-0.15, -0.1) is 0 Å². The van der Waals surface area contributed by atoms with Crippen LogP contribution in [0.2, 0.25) is 0 Å². The van der Waals surface area contributed by atoms with E-state index in [1.54, 1.807) is 23.1 Å². The highest BCUT2D eigenvalue weighted by Gasteiger charge is 2.46. The standard InChI is InChI=1S/C23H22FN3O/c1-17-14-23(9-8-22(28)27(23)21-7-3-6-20(24)13-21)10-11-26(17)16-19-5-2-4-18(12-19)15-25/h2-9,12-13,17H,10-11,14,16H2,1H3/t17-,23+/m1/s1. The van der Waals surface area contributed by atoms with Crippen LogP contribution >= 0.6 is 0 Å². The lowest BCUT2D eigenvalue weighted by atomic mass is 9.82. The van der Waals surface area contributed by atoms with Gasteiger partial charge in [0, 0.05) is 30.9 Å². The van der Waals surface area contributed by atoms with Gasteiger partial charge in [0.25, 0.3) is 5.91 Å². The fraction of sp³-hybridized carbons (Fsp3) is 0.304. The normalized spacial score (nSPS) is 24.7. The molecule has 142 valence electrons. The van der Waals surface area contributed by atoms with Gasteiger partial charge in [-0.2, -0.15) is 5.26 Å². The third kappa shape index (κ3) is 3.32. The van der Waals surface area contributed by atoms with Crippen LogP contribution in [0.3, 0.4) is 0 Å². The number of carbonyl (C=O) groups is 1. The molecule has 28 heavy (non-hydrogen) atoms. The number of anilines is 1. The lowest BCUT2D eigenvalue weighted by molar-refractivity contribution is -0.114. The van der Waals surface area contributed by atoms with Gasteiger partial charge in [-0.3, -0.25) is 14.6 Å². The molecule has 5 heteroatoms. The molecule has 2 aliphatic heterocycles. The van der Waals surface area contributed by atoms with Gasteiger partial charge in [-0.05, 0) is 55.7 Å². The molecule has 0 bridgehead atoms. The average Bonchev–Trinajstić information content (AvgIpc) is 3.00. The molecule has 0 aliphatic carbocycles. The van der Waals surface area contributed by atoms with Crippen LogP contribution in [0.4, 0.5) is 10.1 Å². The van der Waals surface area contributed by atoms with Gasteiger partial charge in [-0.25, -0.2) is 4.39 Å². The van der Waals surface area contributed by atoms with Crippen molar-refractivity contribution in [3.63, 3.8) is 0 Å². The molecule has 4 nitrogen and oxygen atoms in total. The summed E-state index contributed by atoms with van der Waals surface area (Å²) in [6, 6.07) is 16.4. The number of benzene rings is 2. The van der Waals surface area contributed by atoms with Crippen molar-refractivity contribution in [2.24, 2.45) is 0 Å². The molecule has 0 saturated carbocycles. The highest BCUT2D eigenvalue weighted by Crippen LogP contribution is 2.40. The van der Waals surface area contributed by atoms with Crippen molar-refractivity contribution in [3.05, 3.63) is 77.6 Å². The molecule has 0 radical (unpaired) electrons. The van der Waals surface area contributed by atoms with Crippen molar-refractivity contribution in [2.75, 3.05) is 11.4 Å². The van der Waals surface area contributed by atoms with Crippen LogP contribution in [0.25, 0.3) is 0 Å². The molecule has 2 aromatic carbocycles. The fourth-order valence-electron chi connectivity index (χ4n) is 4.46. The number of amides is 1. The first-order valence-corrected chi connectivity index (χ1v) is 9.53. The lowest BCUT2D eigenvalue weighted by Crippen LogP contribution is -2.56. The summed E-state index contributed by atoms with van der Waals surface area (Å²) in [6.45, 7) is 3.75. The minimum absolute atomic E-state index is 0.0898. The summed E-state index contributed by atoms with van der Waals surface area (Å²) in [5.41, 5.74) is 1.98. The Morgan fingerprint density at radius 1 is 1.25 bits per heavy atom. The van der Waals surface area contributed by atoms with Crippen molar-refractivity contribution in [1.82, 2.24) is 4.90 Å². The molecule has 1 spiro atoms. The van der Waals surface area contributed by atoms with Gasteiger partial charge in [-0.1, -0.05) is 24.3 Å². The summed E-state index contributed by atoms with van der Waals surface area (Å²) in [7, 11) is 0. The monoisotopic (exact) mass is 375 g/mol. The van der Waals surface area contributed by atoms with Gasteiger partial charge in [0.05, 0.1) is 17.2 Å².